The number of allylic oxidation sites excluding steroid dienone is 2. The third kappa shape index (κ3) is 28.8. The maximum atomic E-state index is 12.4. The smallest absolute Gasteiger partial charge is 0.457 e. The van der Waals surface area contributed by atoms with Gasteiger partial charge >= 0.3 is 13.8 Å². The Kier molecular flexibility index (Phi) is 29.2. The molecule has 40 heavy (non-hydrogen) atoms. The van der Waals surface area contributed by atoms with E-state index >= 15 is 0 Å². The molecular weight excluding hydrogens is 529 g/mol. The third-order valence-corrected chi connectivity index (χ3v) is 7.67. The van der Waals surface area contributed by atoms with Crippen LogP contribution in [0.3, 0.4) is 0 Å². The predicted octanol–water partition coefficient (Wildman–Crippen LogP) is 8.41. The molecule has 0 heterocycles. The number of phosphoric ester groups is 1. The SMILES string of the molecule is CCCCCC/C=C\CCCCCCCC(=O)OC(COCCCCCCCCCC)COP(=O)(O)OCCN. The van der Waals surface area contributed by atoms with E-state index in [0.717, 1.165) is 44.9 Å². The Labute approximate surface area is 245 Å². The van der Waals surface area contributed by atoms with Crippen LogP contribution >= 0.6 is 7.82 Å². The lowest BCUT2D eigenvalue weighted by atomic mass is 10.1. The normalized spacial score (nSPS) is 14.0. The molecule has 0 bridgehead atoms. The number of carbonyl (C=O) groups is 1. The Morgan fingerprint density at radius 1 is 0.725 bits per heavy atom. The molecular formula is C31H62NO7P. The van der Waals surface area contributed by atoms with Gasteiger partial charge in [-0.2, -0.15) is 0 Å². The monoisotopic (exact) mass is 591 g/mol. The molecule has 0 radical (unpaired) electrons. The van der Waals surface area contributed by atoms with E-state index in [9.17, 15) is 14.3 Å². The molecule has 0 aromatic rings. The highest BCUT2D eigenvalue weighted by atomic mass is 31.2. The summed E-state index contributed by atoms with van der Waals surface area (Å²) in [5.74, 6) is -0.342. The zero-order valence-electron chi connectivity index (χ0n) is 25.8. The lowest BCUT2D eigenvalue weighted by molar-refractivity contribution is -0.154. The number of hydrogen-bond acceptors (Lipinski definition) is 7. The molecule has 0 aliphatic rings. The minimum Gasteiger partial charge on any atom is -0.457 e. The molecule has 0 spiro atoms. The molecule has 0 aromatic carbocycles. The largest absolute Gasteiger partial charge is 0.472 e. The van der Waals surface area contributed by atoms with Crippen molar-refractivity contribution in [2.75, 3.05) is 33.0 Å². The minimum absolute atomic E-state index is 0.0947. The van der Waals surface area contributed by atoms with E-state index in [0.29, 0.717) is 13.0 Å². The van der Waals surface area contributed by atoms with Crippen molar-refractivity contribution in [1.29, 1.82) is 0 Å². The molecule has 2 atom stereocenters. The first-order chi connectivity index (χ1) is 19.4. The maximum absolute atomic E-state index is 12.4. The molecule has 2 unspecified atom stereocenters. The second-order valence-corrected chi connectivity index (χ2v) is 12.1. The first-order valence-electron chi connectivity index (χ1n) is 16.2. The summed E-state index contributed by atoms with van der Waals surface area (Å²) in [6, 6.07) is 0. The maximum Gasteiger partial charge on any atom is 0.472 e. The first-order valence-corrected chi connectivity index (χ1v) is 17.7. The number of ether oxygens (including phenoxy) is 2. The van der Waals surface area contributed by atoms with Gasteiger partial charge in [0.15, 0.2) is 0 Å². The van der Waals surface area contributed by atoms with Crippen LogP contribution in [0.25, 0.3) is 0 Å². The van der Waals surface area contributed by atoms with Crippen LogP contribution in [0, 0.1) is 0 Å². The summed E-state index contributed by atoms with van der Waals surface area (Å²) in [5, 5.41) is 0. The molecule has 0 saturated carbocycles. The molecule has 0 aromatic heterocycles. The van der Waals surface area contributed by atoms with Crippen LogP contribution in [0.5, 0.6) is 0 Å². The van der Waals surface area contributed by atoms with Gasteiger partial charge in [0.2, 0.25) is 0 Å². The van der Waals surface area contributed by atoms with Gasteiger partial charge < -0.3 is 20.1 Å². The second kappa shape index (κ2) is 29.7. The van der Waals surface area contributed by atoms with E-state index in [2.05, 4.69) is 26.0 Å². The van der Waals surface area contributed by atoms with Gasteiger partial charge in [-0.25, -0.2) is 4.57 Å². The van der Waals surface area contributed by atoms with E-state index in [1.54, 1.807) is 0 Å². The van der Waals surface area contributed by atoms with E-state index in [-0.39, 0.29) is 32.3 Å². The second-order valence-electron chi connectivity index (χ2n) is 10.7. The average Bonchev–Trinajstić information content (AvgIpc) is 2.94. The number of hydrogen-bond donors (Lipinski definition) is 2. The van der Waals surface area contributed by atoms with Gasteiger partial charge in [-0.1, -0.05) is 109 Å². The Hall–Kier alpha value is -0.760. The summed E-state index contributed by atoms with van der Waals surface area (Å²) in [6.45, 7) is 4.86. The van der Waals surface area contributed by atoms with Crippen LogP contribution in [0.15, 0.2) is 12.2 Å². The van der Waals surface area contributed by atoms with Crippen LogP contribution in [-0.2, 0) is 27.9 Å². The number of carbonyl (C=O) groups excluding carboxylic acids is 1. The van der Waals surface area contributed by atoms with Crippen molar-refractivity contribution in [2.45, 2.75) is 148 Å². The van der Waals surface area contributed by atoms with Gasteiger partial charge in [0.25, 0.3) is 0 Å². The summed E-state index contributed by atoms with van der Waals surface area (Å²) in [4.78, 5) is 22.2. The quantitative estimate of drug-likeness (QED) is 0.0357. The van der Waals surface area contributed by atoms with Crippen LogP contribution in [-0.4, -0.2) is 49.9 Å². The van der Waals surface area contributed by atoms with Crippen LogP contribution in [0.4, 0.5) is 0 Å². The molecule has 8 nitrogen and oxygen atoms in total. The number of unbranched alkanes of at least 4 members (excludes halogenated alkanes) is 16. The average molecular weight is 592 g/mol. The van der Waals surface area contributed by atoms with Gasteiger partial charge in [-0.15, -0.1) is 0 Å². The predicted molar refractivity (Wildman–Crippen MR) is 164 cm³/mol. The van der Waals surface area contributed by atoms with Gasteiger partial charge in [0, 0.05) is 19.6 Å². The fourth-order valence-electron chi connectivity index (χ4n) is 4.28. The van der Waals surface area contributed by atoms with Crippen LogP contribution in [0.2, 0.25) is 0 Å². The summed E-state index contributed by atoms with van der Waals surface area (Å²) >= 11 is 0. The molecule has 0 aliphatic heterocycles. The number of nitrogens with two attached hydrogens (primary N) is 1. The zero-order valence-corrected chi connectivity index (χ0v) is 26.7. The highest BCUT2D eigenvalue weighted by Crippen LogP contribution is 2.43. The van der Waals surface area contributed by atoms with Gasteiger partial charge in [0.1, 0.15) is 6.10 Å². The molecule has 0 rings (SSSR count). The summed E-state index contributed by atoms with van der Waals surface area (Å²) in [7, 11) is -4.25. The molecule has 0 amide bonds. The van der Waals surface area contributed by atoms with E-state index < -0.39 is 13.9 Å². The lowest BCUT2D eigenvalue weighted by Gasteiger charge is -2.20. The molecule has 3 N–H and O–H groups in total. The van der Waals surface area contributed by atoms with E-state index in [4.69, 9.17) is 24.3 Å². The molecule has 0 aliphatic carbocycles. The summed E-state index contributed by atoms with van der Waals surface area (Å²) < 4.78 is 33.0. The van der Waals surface area contributed by atoms with E-state index in [1.807, 2.05) is 0 Å². The van der Waals surface area contributed by atoms with E-state index in [1.165, 1.54) is 77.0 Å². The number of rotatable bonds is 31. The number of esters is 1. The highest BCUT2D eigenvalue weighted by Gasteiger charge is 2.25. The Morgan fingerprint density at radius 2 is 1.25 bits per heavy atom. The Morgan fingerprint density at radius 3 is 1.85 bits per heavy atom. The van der Waals surface area contributed by atoms with Gasteiger partial charge in [-0.3, -0.25) is 13.8 Å². The van der Waals surface area contributed by atoms with Crippen molar-refractivity contribution in [3.8, 4) is 0 Å². The zero-order chi connectivity index (χ0) is 29.6. The van der Waals surface area contributed by atoms with Crippen molar-refractivity contribution in [2.24, 2.45) is 5.73 Å². The topological polar surface area (TPSA) is 117 Å². The van der Waals surface area contributed by atoms with Gasteiger partial charge in [-0.05, 0) is 38.5 Å². The van der Waals surface area contributed by atoms with Crippen molar-refractivity contribution in [3.05, 3.63) is 12.2 Å². The summed E-state index contributed by atoms with van der Waals surface area (Å²) in [6.07, 6.45) is 26.5. The number of phosphoric acid groups is 1. The highest BCUT2D eigenvalue weighted by molar-refractivity contribution is 7.47. The van der Waals surface area contributed by atoms with Crippen molar-refractivity contribution < 1.29 is 32.8 Å². The standard InChI is InChI=1S/C31H62NO7P/c1-3-5-7-9-11-13-14-15-16-17-18-20-22-24-31(33)39-30(29-38-40(34,35)37-27-25-32)28-36-26-23-21-19-12-10-8-6-4-2/h13-14,30H,3-12,15-29,32H2,1-2H3,(H,34,35)/b14-13-. The van der Waals surface area contributed by atoms with Gasteiger partial charge in [0.05, 0.1) is 19.8 Å². The molecule has 0 fully saturated rings. The Balaban J connectivity index is 4.15. The molecule has 9 heteroatoms. The Bertz CT molecular complexity index is 633. The fraction of sp³-hybridized carbons (Fsp3) is 0.903. The molecule has 238 valence electrons. The summed E-state index contributed by atoms with van der Waals surface area (Å²) in [5.41, 5.74) is 5.32. The third-order valence-electron chi connectivity index (χ3n) is 6.68. The lowest BCUT2D eigenvalue weighted by Crippen LogP contribution is -2.28. The van der Waals surface area contributed by atoms with Crippen molar-refractivity contribution >= 4 is 13.8 Å². The van der Waals surface area contributed by atoms with Crippen LogP contribution < -0.4 is 5.73 Å². The minimum atomic E-state index is -4.25. The van der Waals surface area contributed by atoms with Crippen molar-refractivity contribution in [1.82, 2.24) is 0 Å². The fourth-order valence-corrected chi connectivity index (χ4v) is 5.05. The van der Waals surface area contributed by atoms with Crippen LogP contribution in [0.1, 0.15) is 142 Å². The first kappa shape index (κ1) is 39.2. The molecule has 0 saturated heterocycles. The van der Waals surface area contributed by atoms with Crippen molar-refractivity contribution in [3.63, 3.8) is 0 Å².